The van der Waals surface area contributed by atoms with Crippen molar-refractivity contribution in [2.75, 3.05) is 0 Å². The van der Waals surface area contributed by atoms with E-state index in [9.17, 15) is 9.59 Å². The van der Waals surface area contributed by atoms with Gasteiger partial charge in [0.15, 0.2) is 11.6 Å². The van der Waals surface area contributed by atoms with Crippen molar-refractivity contribution >= 4 is 22.5 Å². The average Bonchev–Trinajstić information content (AvgIpc) is 2.97. The summed E-state index contributed by atoms with van der Waals surface area (Å²) in [4.78, 5) is 27.7. The number of hydrogen-bond acceptors (Lipinski definition) is 2. The van der Waals surface area contributed by atoms with Crippen molar-refractivity contribution in [3.8, 4) is 0 Å². The lowest BCUT2D eigenvalue weighted by molar-refractivity contribution is 0.0918. The summed E-state index contributed by atoms with van der Waals surface area (Å²) >= 11 is 0. The molecule has 2 aromatic carbocycles. The first-order valence-corrected chi connectivity index (χ1v) is 7.35. The number of hydrogen-bond donors (Lipinski definition) is 1. The summed E-state index contributed by atoms with van der Waals surface area (Å²) in [6.45, 7) is 1.91. The molecule has 0 aliphatic carbocycles. The van der Waals surface area contributed by atoms with Crippen LogP contribution < -0.4 is 0 Å². The zero-order chi connectivity index (χ0) is 15.5. The SMILES string of the molecule is Cc1ccccc1C(=O)CCC(=O)c1c[nH]c2ccccc12. The van der Waals surface area contributed by atoms with Gasteiger partial charge in [0.2, 0.25) is 0 Å². The van der Waals surface area contributed by atoms with E-state index < -0.39 is 0 Å². The van der Waals surface area contributed by atoms with E-state index in [1.807, 2.05) is 55.5 Å². The fraction of sp³-hybridized carbons (Fsp3) is 0.158. The predicted molar refractivity (Wildman–Crippen MR) is 87.4 cm³/mol. The van der Waals surface area contributed by atoms with Gasteiger partial charge in [-0.1, -0.05) is 42.5 Å². The monoisotopic (exact) mass is 291 g/mol. The minimum atomic E-state index is -0.000570. The number of carbonyl (C=O) groups excluding carboxylic acids is 2. The van der Waals surface area contributed by atoms with Crippen molar-refractivity contribution in [2.45, 2.75) is 19.8 Å². The second-order valence-electron chi connectivity index (χ2n) is 5.41. The fourth-order valence-electron chi connectivity index (χ4n) is 2.68. The highest BCUT2D eigenvalue weighted by Crippen LogP contribution is 2.20. The number of Topliss-reactive ketones (excluding diaryl/α,β-unsaturated/α-hetero) is 2. The van der Waals surface area contributed by atoms with Gasteiger partial charge in [0, 0.05) is 41.1 Å². The Kier molecular flexibility index (Phi) is 3.88. The second kappa shape index (κ2) is 5.98. The maximum absolute atomic E-state index is 12.4. The third kappa shape index (κ3) is 2.70. The van der Waals surface area contributed by atoms with E-state index >= 15 is 0 Å². The van der Waals surface area contributed by atoms with Gasteiger partial charge < -0.3 is 4.98 Å². The molecule has 1 N–H and O–H groups in total. The Bertz CT molecular complexity index is 845. The standard InChI is InChI=1S/C19H17NO2/c1-13-6-2-3-7-14(13)18(21)10-11-19(22)16-12-20-17-9-5-4-8-15(16)17/h2-9,12,20H,10-11H2,1H3. The quantitative estimate of drug-likeness (QED) is 0.712. The Hall–Kier alpha value is -2.68. The Balaban J connectivity index is 1.73. The van der Waals surface area contributed by atoms with Gasteiger partial charge in [-0.25, -0.2) is 0 Å². The van der Waals surface area contributed by atoms with Crippen LogP contribution in [0, 0.1) is 6.92 Å². The molecule has 0 unspecified atom stereocenters. The van der Waals surface area contributed by atoms with Gasteiger partial charge in [-0.3, -0.25) is 9.59 Å². The molecule has 0 amide bonds. The van der Waals surface area contributed by atoms with E-state index in [2.05, 4.69) is 4.98 Å². The first-order chi connectivity index (χ1) is 10.7. The first-order valence-electron chi connectivity index (χ1n) is 7.35. The largest absolute Gasteiger partial charge is 0.360 e. The molecule has 0 aliphatic rings. The molecule has 3 aromatic rings. The zero-order valence-corrected chi connectivity index (χ0v) is 12.4. The number of rotatable bonds is 5. The summed E-state index contributed by atoms with van der Waals surface area (Å²) in [7, 11) is 0. The highest BCUT2D eigenvalue weighted by atomic mass is 16.1. The van der Waals surface area contributed by atoms with Gasteiger partial charge in [0.25, 0.3) is 0 Å². The summed E-state index contributed by atoms with van der Waals surface area (Å²) in [5, 5.41) is 0.913. The molecule has 0 fully saturated rings. The molecule has 0 saturated heterocycles. The van der Waals surface area contributed by atoms with Crippen LogP contribution in [-0.4, -0.2) is 16.6 Å². The van der Waals surface area contributed by atoms with E-state index in [0.717, 1.165) is 16.5 Å². The normalized spacial score (nSPS) is 10.8. The Labute approximate surface area is 129 Å². The second-order valence-corrected chi connectivity index (χ2v) is 5.41. The maximum atomic E-state index is 12.4. The number of aryl methyl sites for hydroxylation is 1. The molecule has 3 heteroatoms. The van der Waals surface area contributed by atoms with Gasteiger partial charge >= 0.3 is 0 Å². The number of ketones is 2. The molecule has 1 heterocycles. The Morgan fingerprint density at radius 2 is 1.50 bits per heavy atom. The van der Waals surface area contributed by atoms with Crippen molar-refractivity contribution in [2.24, 2.45) is 0 Å². The zero-order valence-electron chi connectivity index (χ0n) is 12.4. The lowest BCUT2D eigenvalue weighted by atomic mass is 9.98. The van der Waals surface area contributed by atoms with E-state index in [-0.39, 0.29) is 24.4 Å². The molecule has 0 saturated carbocycles. The van der Waals surface area contributed by atoms with Crippen molar-refractivity contribution in [3.63, 3.8) is 0 Å². The third-order valence-electron chi connectivity index (χ3n) is 3.91. The summed E-state index contributed by atoms with van der Waals surface area (Å²) in [5.41, 5.74) is 3.26. The van der Waals surface area contributed by atoms with Crippen LogP contribution in [0.4, 0.5) is 0 Å². The topological polar surface area (TPSA) is 49.9 Å². The fourth-order valence-corrected chi connectivity index (χ4v) is 2.68. The van der Waals surface area contributed by atoms with Crippen molar-refractivity contribution in [3.05, 3.63) is 71.4 Å². The molecule has 0 atom stereocenters. The average molecular weight is 291 g/mol. The number of benzene rings is 2. The maximum Gasteiger partial charge on any atom is 0.165 e. The van der Waals surface area contributed by atoms with Crippen LogP contribution in [0.25, 0.3) is 10.9 Å². The van der Waals surface area contributed by atoms with E-state index in [1.54, 1.807) is 6.20 Å². The predicted octanol–water partition coefficient (Wildman–Crippen LogP) is 4.32. The van der Waals surface area contributed by atoms with Crippen LogP contribution in [0.1, 0.15) is 39.1 Å². The van der Waals surface area contributed by atoms with Gasteiger partial charge in [0.05, 0.1) is 0 Å². The highest BCUT2D eigenvalue weighted by Gasteiger charge is 2.15. The number of aromatic nitrogens is 1. The molecule has 0 bridgehead atoms. The lowest BCUT2D eigenvalue weighted by Gasteiger charge is -2.04. The number of carbonyl (C=O) groups is 2. The van der Waals surface area contributed by atoms with Gasteiger partial charge in [0.1, 0.15) is 0 Å². The van der Waals surface area contributed by atoms with Gasteiger partial charge in [-0.15, -0.1) is 0 Å². The number of fused-ring (bicyclic) bond motifs is 1. The van der Waals surface area contributed by atoms with E-state index in [0.29, 0.717) is 11.1 Å². The Morgan fingerprint density at radius 1 is 0.864 bits per heavy atom. The molecular weight excluding hydrogens is 274 g/mol. The lowest BCUT2D eigenvalue weighted by Crippen LogP contribution is -2.06. The van der Waals surface area contributed by atoms with Crippen molar-refractivity contribution in [1.82, 2.24) is 4.98 Å². The summed E-state index contributed by atoms with van der Waals surface area (Å²) in [6, 6.07) is 15.2. The molecule has 0 spiro atoms. The van der Waals surface area contributed by atoms with Crippen LogP contribution in [0.2, 0.25) is 0 Å². The van der Waals surface area contributed by atoms with E-state index in [1.165, 1.54) is 0 Å². The molecule has 22 heavy (non-hydrogen) atoms. The van der Waals surface area contributed by atoms with Crippen molar-refractivity contribution in [1.29, 1.82) is 0 Å². The van der Waals surface area contributed by atoms with Crippen LogP contribution in [0.5, 0.6) is 0 Å². The minimum Gasteiger partial charge on any atom is -0.360 e. The molecule has 0 radical (unpaired) electrons. The number of aromatic amines is 1. The molecule has 3 rings (SSSR count). The minimum absolute atomic E-state index is 0.000570. The number of para-hydroxylation sites is 1. The molecule has 3 nitrogen and oxygen atoms in total. The molecule has 0 aliphatic heterocycles. The van der Waals surface area contributed by atoms with Crippen LogP contribution in [0.15, 0.2) is 54.7 Å². The molecular formula is C19H17NO2. The summed E-state index contributed by atoms with van der Waals surface area (Å²) < 4.78 is 0. The third-order valence-corrected chi connectivity index (χ3v) is 3.91. The smallest absolute Gasteiger partial charge is 0.165 e. The summed E-state index contributed by atoms with van der Waals surface area (Å²) in [5.74, 6) is 0.0191. The number of H-pyrrole nitrogens is 1. The molecule has 1 aromatic heterocycles. The Morgan fingerprint density at radius 3 is 2.27 bits per heavy atom. The first kappa shape index (κ1) is 14.3. The highest BCUT2D eigenvalue weighted by molar-refractivity contribution is 6.09. The molecule has 110 valence electrons. The van der Waals surface area contributed by atoms with E-state index in [4.69, 9.17) is 0 Å². The van der Waals surface area contributed by atoms with Crippen LogP contribution in [0.3, 0.4) is 0 Å². The van der Waals surface area contributed by atoms with Crippen LogP contribution in [-0.2, 0) is 0 Å². The van der Waals surface area contributed by atoms with Crippen LogP contribution >= 0.6 is 0 Å². The van der Waals surface area contributed by atoms with Crippen molar-refractivity contribution < 1.29 is 9.59 Å². The summed E-state index contributed by atoms with van der Waals surface area (Å²) in [6.07, 6.45) is 2.20. The van der Waals surface area contributed by atoms with Gasteiger partial charge in [-0.2, -0.15) is 0 Å². The van der Waals surface area contributed by atoms with Gasteiger partial charge in [-0.05, 0) is 18.6 Å². The number of nitrogens with one attached hydrogen (secondary N) is 1.